The molecule has 0 radical (unpaired) electrons. The lowest BCUT2D eigenvalue weighted by atomic mass is 10.1. The summed E-state index contributed by atoms with van der Waals surface area (Å²) in [6.45, 7) is 5.50. The lowest BCUT2D eigenvalue weighted by molar-refractivity contribution is -0.156. The summed E-state index contributed by atoms with van der Waals surface area (Å²) in [7, 11) is 0. The molecule has 16 heavy (non-hydrogen) atoms. The summed E-state index contributed by atoms with van der Waals surface area (Å²) in [5.74, 6) is -0.350. The molecule has 1 aromatic heterocycles. The molecule has 1 aromatic rings. The number of carbonyl (C=O) groups is 1. The maximum Gasteiger partial charge on any atom is 0.323 e. The van der Waals surface area contributed by atoms with E-state index in [0.717, 1.165) is 8.66 Å². The smallest absolute Gasteiger partial charge is 0.323 e. The minimum Gasteiger partial charge on any atom is -0.459 e. The lowest BCUT2D eigenvalue weighted by Gasteiger charge is -2.21. The van der Waals surface area contributed by atoms with Crippen LogP contribution in [0.5, 0.6) is 0 Å². The maximum atomic E-state index is 11.6. The number of thiophene rings is 1. The molecule has 0 bridgehead atoms. The maximum absolute atomic E-state index is 11.6. The lowest BCUT2D eigenvalue weighted by Crippen LogP contribution is -2.38. The minimum atomic E-state index is -0.593. The molecule has 0 aliphatic heterocycles. The molecule has 0 saturated heterocycles. The molecule has 0 aliphatic carbocycles. The van der Waals surface area contributed by atoms with Crippen molar-refractivity contribution in [1.29, 1.82) is 0 Å². The van der Waals surface area contributed by atoms with Gasteiger partial charge in [-0.3, -0.25) is 4.79 Å². The van der Waals surface area contributed by atoms with Gasteiger partial charge in [0.2, 0.25) is 0 Å². The summed E-state index contributed by atoms with van der Waals surface area (Å²) < 4.78 is 6.25. The first-order valence-electron chi connectivity index (χ1n) is 5.00. The zero-order chi connectivity index (χ0) is 12.3. The summed E-state index contributed by atoms with van der Waals surface area (Å²) in [6, 6.07) is 3.31. The number of halogens is 1. The molecular formula is C11H16BrNO2S. The number of ether oxygens (including phenoxy) is 1. The summed E-state index contributed by atoms with van der Waals surface area (Å²) >= 11 is 4.95. The molecule has 0 aliphatic rings. The van der Waals surface area contributed by atoms with Gasteiger partial charge in [-0.25, -0.2) is 0 Å². The summed E-state index contributed by atoms with van der Waals surface area (Å²) in [4.78, 5) is 12.7. The van der Waals surface area contributed by atoms with E-state index >= 15 is 0 Å². The van der Waals surface area contributed by atoms with Crippen molar-refractivity contribution in [2.45, 2.75) is 38.8 Å². The van der Waals surface area contributed by atoms with Crippen molar-refractivity contribution in [3.05, 3.63) is 20.8 Å². The Balaban J connectivity index is 2.52. The third-order valence-electron chi connectivity index (χ3n) is 1.76. The molecule has 5 heteroatoms. The Morgan fingerprint density at radius 2 is 2.19 bits per heavy atom. The molecule has 0 saturated carbocycles. The van der Waals surface area contributed by atoms with Crippen LogP contribution in [0, 0.1) is 0 Å². The third kappa shape index (κ3) is 4.63. The molecule has 90 valence electrons. The SMILES string of the molecule is CC(C)(C)OC(=O)C(N)Cc1ccc(Br)s1. The standard InChI is InChI=1S/C11H16BrNO2S/c1-11(2,3)15-10(14)8(13)6-7-4-5-9(12)16-7/h4-5,8H,6,13H2,1-3H3. The van der Waals surface area contributed by atoms with Crippen LogP contribution < -0.4 is 5.73 Å². The van der Waals surface area contributed by atoms with Crippen LogP contribution in [0.15, 0.2) is 15.9 Å². The van der Waals surface area contributed by atoms with E-state index in [9.17, 15) is 4.79 Å². The topological polar surface area (TPSA) is 52.3 Å². The van der Waals surface area contributed by atoms with Crippen LogP contribution in [0.25, 0.3) is 0 Å². The number of esters is 1. The molecule has 1 unspecified atom stereocenters. The molecule has 1 atom stereocenters. The zero-order valence-electron chi connectivity index (χ0n) is 9.62. The summed E-state index contributed by atoms with van der Waals surface area (Å²) in [5, 5.41) is 0. The predicted octanol–water partition coefficient (Wildman–Crippen LogP) is 2.72. The largest absolute Gasteiger partial charge is 0.459 e. The Labute approximate surface area is 108 Å². The Bertz CT molecular complexity index is 370. The highest BCUT2D eigenvalue weighted by Crippen LogP contribution is 2.23. The van der Waals surface area contributed by atoms with E-state index in [1.807, 2.05) is 32.9 Å². The van der Waals surface area contributed by atoms with E-state index in [1.54, 1.807) is 11.3 Å². The third-order valence-corrected chi connectivity index (χ3v) is 3.41. The van der Waals surface area contributed by atoms with Crippen LogP contribution in [-0.2, 0) is 16.0 Å². The number of hydrogen-bond acceptors (Lipinski definition) is 4. The first-order valence-corrected chi connectivity index (χ1v) is 6.61. The van der Waals surface area contributed by atoms with Gasteiger partial charge in [0.05, 0.1) is 3.79 Å². The molecule has 0 amide bonds. The van der Waals surface area contributed by atoms with E-state index in [1.165, 1.54) is 0 Å². The van der Waals surface area contributed by atoms with Crippen LogP contribution in [0.3, 0.4) is 0 Å². The molecule has 2 N–H and O–H groups in total. The van der Waals surface area contributed by atoms with Crippen LogP contribution in [-0.4, -0.2) is 17.6 Å². The Morgan fingerprint density at radius 3 is 2.62 bits per heavy atom. The van der Waals surface area contributed by atoms with Gasteiger partial charge in [0, 0.05) is 11.3 Å². The second kappa shape index (κ2) is 5.29. The molecule has 3 nitrogen and oxygen atoms in total. The van der Waals surface area contributed by atoms with Crippen LogP contribution >= 0.6 is 27.3 Å². The highest BCUT2D eigenvalue weighted by atomic mass is 79.9. The first kappa shape index (κ1) is 13.7. The van der Waals surface area contributed by atoms with Crippen LogP contribution in [0.4, 0.5) is 0 Å². The summed E-state index contributed by atoms with van der Waals surface area (Å²) in [5.41, 5.74) is 5.30. The monoisotopic (exact) mass is 305 g/mol. The van der Waals surface area contributed by atoms with Crippen LogP contribution in [0.1, 0.15) is 25.6 Å². The van der Waals surface area contributed by atoms with Crippen molar-refractivity contribution >= 4 is 33.2 Å². The average molecular weight is 306 g/mol. The number of rotatable bonds is 3. The first-order chi connectivity index (χ1) is 7.28. The fraction of sp³-hybridized carbons (Fsp3) is 0.545. The van der Waals surface area contributed by atoms with E-state index in [2.05, 4.69) is 15.9 Å². The van der Waals surface area contributed by atoms with E-state index in [0.29, 0.717) is 6.42 Å². The van der Waals surface area contributed by atoms with Gasteiger partial charge in [-0.1, -0.05) is 0 Å². The van der Waals surface area contributed by atoms with Gasteiger partial charge < -0.3 is 10.5 Å². The second-order valence-corrected chi connectivity index (χ2v) is 7.10. The Morgan fingerprint density at radius 1 is 1.56 bits per heavy atom. The number of nitrogens with two attached hydrogens (primary N) is 1. The van der Waals surface area contributed by atoms with Crippen LogP contribution in [0.2, 0.25) is 0 Å². The van der Waals surface area contributed by atoms with Crippen molar-refractivity contribution in [3.63, 3.8) is 0 Å². The van der Waals surface area contributed by atoms with Crippen molar-refractivity contribution in [2.75, 3.05) is 0 Å². The number of hydrogen-bond donors (Lipinski definition) is 1. The van der Waals surface area contributed by atoms with E-state index < -0.39 is 11.6 Å². The Hall–Kier alpha value is -0.390. The highest BCUT2D eigenvalue weighted by Gasteiger charge is 2.22. The van der Waals surface area contributed by atoms with Crippen molar-refractivity contribution in [3.8, 4) is 0 Å². The molecule has 0 spiro atoms. The Kier molecular flexibility index (Phi) is 4.52. The number of carbonyl (C=O) groups excluding carboxylic acids is 1. The average Bonchev–Trinajstić information content (AvgIpc) is 2.48. The molecular weight excluding hydrogens is 290 g/mol. The molecule has 1 heterocycles. The van der Waals surface area contributed by atoms with Gasteiger partial charge in [0.1, 0.15) is 11.6 Å². The van der Waals surface area contributed by atoms with Gasteiger partial charge in [-0.15, -0.1) is 11.3 Å². The molecule has 1 rings (SSSR count). The quantitative estimate of drug-likeness (QED) is 0.874. The molecule has 0 fully saturated rings. The van der Waals surface area contributed by atoms with Crippen molar-refractivity contribution < 1.29 is 9.53 Å². The van der Waals surface area contributed by atoms with Gasteiger partial charge in [0.25, 0.3) is 0 Å². The van der Waals surface area contributed by atoms with Crippen molar-refractivity contribution in [2.24, 2.45) is 5.73 Å². The van der Waals surface area contributed by atoms with E-state index in [4.69, 9.17) is 10.5 Å². The fourth-order valence-corrected chi connectivity index (χ4v) is 2.68. The summed E-state index contributed by atoms with van der Waals surface area (Å²) in [6.07, 6.45) is 0.519. The minimum absolute atomic E-state index is 0.350. The highest BCUT2D eigenvalue weighted by molar-refractivity contribution is 9.11. The van der Waals surface area contributed by atoms with Gasteiger partial charge >= 0.3 is 5.97 Å². The fourth-order valence-electron chi connectivity index (χ4n) is 1.14. The normalized spacial score (nSPS) is 13.6. The van der Waals surface area contributed by atoms with Gasteiger partial charge in [-0.2, -0.15) is 0 Å². The van der Waals surface area contributed by atoms with Gasteiger partial charge in [-0.05, 0) is 48.8 Å². The van der Waals surface area contributed by atoms with Crippen molar-refractivity contribution in [1.82, 2.24) is 0 Å². The zero-order valence-corrected chi connectivity index (χ0v) is 12.0. The van der Waals surface area contributed by atoms with Gasteiger partial charge in [0.15, 0.2) is 0 Å². The van der Waals surface area contributed by atoms with E-state index in [-0.39, 0.29) is 5.97 Å². The molecule has 0 aromatic carbocycles. The predicted molar refractivity (Wildman–Crippen MR) is 69.5 cm³/mol. The second-order valence-electron chi connectivity index (χ2n) is 4.55.